The van der Waals surface area contributed by atoms with Crippen molar-refractivity contribution >= 4 is 23.3 Å². The van der Waals surface area contributed by atoms with Crippen LogP contribution in [0.2, 0.25) is 0 Å². The van der Waals surface area contributed by atoms with Gasteiger partial charge in [0.15, 0.2) is 0 Å². The highest BCUT2D eigenvalue weighted by molar-refractivity contribution is 6.07. The predicted molar refractivity (Wildman–Crippen MR) is 95.2 cm³/mol. The van der Waals surface area contributed by atoms with Crippen LogP contribution in [0.3, 0.4) is 0 Å². The molecule has 26 heavy (non-hydrogen) atoms. The van der Waals surface area contributed by atoms with Crippen LogP contribution in [0.1, 0.15) is 20.7 Å². The summed E-state index contributed by atoms with van der Waals surface area (Å²) in [6.45, 7) is 2.44. The first kappa shape index (κ1) is 17.9. The first-order chi connectivity index (χ1) is 12.6. The first-order valence-corrected chi connectivity index (χ1v) is 8.21. The zero-order chi connectivity index (χ0) is 18.5. The van der Waals surface area contributed by atoms with Crippen LogP contribution in [-0.2, 0) is 9.47 Å². The van der Waals surface area contributed by atoms with Gasteiger partial charge in [0.05, 0.1) is 42.8 Å². The van der Waals surface area contributed by atoms with E-state index in [9.17, 15) is 14.0 Å². The number of anilines is 2. The number of carbonyl (C=O) groups excluding carboxylic acids is 2. The van der Waals surface area contributed by atoms with Crippen LogP contribution in [0.25, 0.3) is 0 Å². The number of nitrogens with one attached hydrogen (secondary N) is 1. The molecule has 0 spiro atoms. The van der Waals surface area contributed by atoms with E-state index in [0.29, 0.717) is 37.6 Å². The molecular formula is C19H19FN2O4. The molecule has 0 unspecified atom stereocenters. The van der Waals surface area contributed by atoms with E-state index in [1.165, 1.54) is 31.4 Å². The molecule has 2 aromatic rings. The summed E-state index contributed by atoms with van der Waals surface area (Å²) >= 11 is 0. The number of halogens is 1. The zero-order valence-electron chi connectivity index (χ0n) is 14.3. The van der Waals surface area contributed by atoms with Crippen molar-refractivity contribution in [1.29, 1.82) is 0 Å². The maximum atomic E-state index is 13.9. The lowest BCUT2D eigenvalue weighted by atomic mass is 10.1. The number of ether oxygens (including phenoxy) is 2. The number of carbonyl (C=O) groups is 2. The van der Waals surface area contributed by atoms with E-state index in [1.807, 2.05) is 4.90 Å². The minimum absolute atomic E-state index is 0.0658. The molecule has 0 bridgehead atoms. The van der Waals surface area contributed by atoms with Crippen molar-refractivity contribution in [3.8, 4) is 0 Å². The fourth-order valence-corrected chi connectivity index (χ4v) is 2.80. The molecule has 0 aromatic heterocycles. The monoisotopic (exact) mass is 358 g/mol. The van der Waals surface area contributed by atoms with Crippen molar-refractivity contribution in [2.75, 3.05) is 43.6 Å². The number of nitrogens with zero attached hydrogens (tertiary/aromatic N) is 1. The molecular weight excluding hydrogens is 339 g/mol. The Labute approximate surface area is 150 Å². The van der Waals surface area contributed by atoms with E-state index >= 15 is 0 Å². The molecule has 2 aromatic carbocycles. The quantitative estimate of drug-likeness (QED) is 0.851. The lowest BCUT2D eigenvalue weighted by molar-refractivity contribution is 0.0600. The van der Waals surface area contributed by atoms with Gasteiger partial charge in [0.2, 0.25) is 0 Å². The number of rotatable bonds is 4. The molecule has 1 heterocycles. The van der Waals surface area contributed by atoms with Gasteiger partial charge in [-0.1, -0.05) is 12.1 Å². The first-order valence-electron chi connectivity index (χ1n) is 8.21. The van der Waals surface area contributed by atoms with Gasteiger partial charge in [0.25, 0.3) is 5.91 Å². The molecule has 3 rings (SSSR count). The fourth-order valence-electron chi connectivity index (χ4n) is 2.80. The number of amides is 1. The third-order valence-corrected chi connectivity index (χ3v) is 4.14. The minimum atomic E-state index is -0.609. The lowest BCUT2D eigenvalue weighted by Crippen LogP contribution is -2.36. The Morgan fingerprint density at radius 2 is 1.88 bits per heavy atom. The van der Waals surface area contributed by atoms with Gasteiger partial charge in [-0.3, -0.25) is 4.79 Å². The topological polar surface area (TPSA) is 67.9 Å². The molecule has 1 N–H and O–H groups in total. The van der Waals surface area contributed by atoms with Gasteiger partial charge in [0, 0.05) is 13.1 Å². The maximum Gasteiger partial charge on any atom is 0.337 e. The van der Waals surface area contributed by atoms with Crippen LogP contribution in [0.15, 0.2) is 42.5 Å². The molecule has 1 fully saturated rings. The van der Waals surface area contributed by atoms with Crippen LogP contribution < -0.4 is 10.2 Å². The summed E-state index contributed by atoms with van der Waals surface area (Å²) in [7, 11) is 1.29. The molecule has 136 valence electrons. The van der Waals surface area contributed by atoms with Crippen molar-refractivity contribution in [1.82, 2.24) is 0 Å². The highest BCUT2D eigenvalue weighted by atomic mass is 19.1. The van der Waals surface area contributed by atoms with Crippen LogP contribution >= 0.6 is 0 Å². The molecule has 1 aliphatic rings. The van der Waals surface area contributed by atoms with E-state index < -0.39 is 17.7 Å². The van der Waals surface area contributed by atoms with Crippen molar-refractivity contribution in [2.24, 2.45) is 0 Å². The molecule has 1 saturated heterocycles. The second-order valence-corrected chi connectivity index (χ2v) is 5.76. The van der Waals surface area contributed by atoms with Gasteiger partial charge in [-0.05, 0) is 30.3 Å². The van der Waals surface area contributed by atoms with Gasteiger partial charge in [0.1, 0.15) is 5.82 Å². The largest absolute Gasteiger partial charge is 0.465 e. The summed E-state index contributed by atoms with van der Waals surface area (Å²) in [5.41, 5.74) is 1.39. The van der Waals surface area contributed by atoms with Gasteiger partial charge < -0.3 is 19.7 Å². The third-order valence-electron chi connectivity index (χ3n) is 4.14. The summed E-state index contributed by atoms with van der Waals surface area (Å²) in [4.78, 5) is 26.4. The number of methoxy groups -OCH3 is 1. The molecule has 1 aliphatic heterocycles. The summed E-state index contributed by atoms with van der Waals surface area (Å²) in [5.74, 6) is -1.71. The molecule has 7 heteroatoms. The number of benzene rings is 2. The second kappa shape index (κ2) is 7.97. The van der Waals surface area contributed by atoms with E-state index in [-0.39, 0.29) is 5.56 Å². The number of esters is 1. The second-order valence-electron chi connectivity index (χ2n) is 5.76. The molecule has 6 nitrogen and oxygen atoms in total. The minimum Gasteiger partial charge on any atom is -0.465 e. The van der Waals surface area contributed by atoms with Crippen molar-refractivity contribution < 1.29 is 23.5 Å². The summed E-state index contributed by atoms with van der Waals surface area (Å²) in [5, 5.41) is 2.72. The van der Waals surface area contributed by atoms with Crippen LogP contribution in [0.4, 0.5) is 15.8 Å². The Morgan fingerprint density at radius 3 is 2.58 bits per heavy atom. The van der Waals surface area contributed by atoms with Crippen molar-refractivity contribution in [3.05, 3.63) is 59.4 Å². The maximum absolute atomic E-state index is 13.9. The van der Waals surface area contributed by atoms with E-state index in [2.05, 4.69) is 5.32 Å². The Bertz CT molecular complexity index is 819. The summed E-state index contributed by atoms with van der Waals surface area (Å²) in [6, 6.07) is 10.7. The summed E-state index contributed by atoms with van der Waals surface area (Å²) in [6.07, 6.45) is 0. The van der Waals surface area contributed by atoms with Crippen LogP contribution in [0, 0.1) is 5.82 Å². The number of hydrogen-bond acceptors (Lipinski definition) is 5. The van der Waals surface area contributed by atoms with Crippen molar-refractivity contribution in [2.45, 2.75) is 0 Å². The standard InChI is InChI=1S/C19H19FN2O4/c1-25-19(24)13-6-7-17(22-8-10-26-11-9-22)16(12-13)21-18(23)14-4-2-3-5-15(14)20/h2-7,12H,8-11H2,1H3,(H,21,23). The molecule has 0 aliphatic carbocycles. The average Bonchev–Trinajstić information content (AvgIpc) is 2.68. The zero-order valence-corrected chi connectivity index (χ0v) is 14.3. The van der Waals surface area contributed by atoms with Crippen LogP contribution in [0.5, 0.6) is 0 Å². The molecule has 0 radical (unpaired) electrons. The van der Waals surface area contributed by atoms with E-state index in [0.717, 1.165) is 5.69 Å². The Balaban J connectivity index is 1.94. The third kappa shape index (κ3) is 3.83. The van der Waals surface area contributed by atoms with E-state index in [4.69, 9.17) is 9.47 Å². The predicted octanol–water partition coefficient (Wildman–Crippen LogP) is 2.70. The summed E-state index contributed by atoms with van der Waals surface area (Å²) < 4.78 is 24.0. The smallest absolute Gasteiger partial charge is 0.337 e. The Morgan fingerprint density at radius 1 is 1.15 bits per heavy atom. The number of morpholine rings is 1. The fraction of sp³-hybridized carbons (Fsp3) is 0.263. The van der Waals surface area contributed by atoms with Gasteiger partial charge >= 0.3 is 5.97 Å². The number of hydrogen-bond donors (Lipinski definition) is 1. The molecule has 0 saturated carbocycles. The SMILES string of the molecule is COC(=O)c1ccc(N2CCOCC2)c(NC(=O)c2ccccc2F)c1. The molecule has 1 amide bonds. The van der Waals surface area contributed by atoms with Crippen molar-refractivity contribution in [3.63, 3.8) is 0 Å². The normalized spacial score (nSPS) is 14.0. The highest BCUT2D eigenvalue weighted by Crippen LogP contribution is 2.29. The molecule has 0 atom stereocenters. The van der Waals surface area contributed by atoms with Crippen LogP contribution in [-0.4, -0.2) is 45.3 Å². The lowest BCUT2D eigenvalue weighted by Gasteiger charge is -2.30. The van der Waals surface area contributed by atoms with E-state index in [1.54, 1.807) is 18.2 Å². The van der Waals surface area contributed by atoms with Gasteiger partial charge in [-0.2, -0.15) is 0 Å². The Hall–Kier alpha value is -2.93. The Kier molecular flexibility index (Phi) is 5.48. The van der Waals surface area contributed by atoms with Gasteiger partial charge in [-0.25, -0.2) is 9.18 Å². The highest BCUT2D eigenvalue weighted by Gasteiger charge is 2.20. The average molecular weight is 358 g/mol. The van der Waals surface area contributed by atoms with Gasteiger partial charge in [-0.15, -0.1) is 0 Å².